The van der Waals surface area contributed by atoms with E-state index in [0.717, 1.165) is 6.07 Å². The molecule has 0 spiro atoms. The van der Waals surface area contributed by atoms with Crippen molar-refractivity contribution in [3.63, 3.8) is 0 Å². The van der Waals surface area contributed by atoms with Crippen LogP contribution in [0.5, 0.6) is 0 Å². The lowest BCUT2D eigenvalue weighted by Gasteiger charge is -1.89. The maximum Gasteiger partial charge on any atom is 0.160 e. The fourth-order valence-electron chi connectivity index (χ4n) is 0.930. The zero-order chi connectivity index (χ0) is 8.72. The summed E-state index contributed by atoms with van der Waals surface area (Å²) < 4.78 is 26.6. The maximum atomic E-state index is 12.9. The first-order chi connectivity index (χ1) is 5.66. The molecule has 1 nitrogen and oxygen atoms in total. The van der Waals surface area contributed by atoms with Crippen molar-refractivity contribution in [1.29, 1.82) is 0 Å². The molecule has 2 rings (SSSR count). The Bertz CT molecular complexity index is 440. The van der Waals surface area contributed by atoms with Gasteiger partial charge in [0.1, 0.15) is 11.3 Å². The summed E-state index contributed by atoms with van der Waals surface area (Å²) in [6.07, 6.45) is 0. The van der Waals surface area contributed by atoms with Gasteiger partial charge < -0.3 is 0 Å². The van der Waals surface area contributed by atoms with E-state index in [1.54, 1.807) is 0 Å². The fraction of sp³-hybridized carbons (Fsp3) is 0. The molecule has 0 saturated carbocycles. The van der Waals surface area contributed by atoms with Crippen LogP contribution in [-0.4, -0.2) is 4.98 Å². The molecule has 0 bridgehead atoms. The van der Waals surface area contributed by atoms with Crippen LogP contribution < -0.4 is 0 Å². The minimum atomic E-state index is -0.619. The third-order valence-electron chi connectivity index (χ3n) is 1.39. The molecule has 1 heterocycles. The number of hydrogen-bond donors (Lipinski definition) is 0. The highest BCUT2D eigenvalue weighted by molar-refractivity contribution is 9.11. The van der Waals surface area contributed by atoms with Crippen LogP contribution in [-0.2, 0) is 0 Å². The van der Waals surface area contributed by atoms with Crippen molar-refractivity contribution in [2.75, 3.05) is 0 Å². The second-order valence-electron chi connectivity index (χ2n) is 2.20. The number of nitrogens with zero attached hydrogens (tertiary/aromatic N) is 1. The molecule has 0 amide bonds. The van der Waals surface area contributed by atoms with Crippen molar-refractivity contribution in [3.05, 3.63) is 27.7 Å². The van der Waals surface area contributed by atoms with Crippen molar-refractivity contribution >= 4 is 37.5 Å². The summed E-state index contributed by atoms with van der Waals surface area (Å²) in [6, 6.07) is 2.09. The van der Waals surface area contributed by atoms with Gasteiger partial charge in [0.15, 0.2) is 9.73 Å². The summed E-state index contributed by atoms with van der Waals surface area (Å²) >= 11 is 4.31. The van der Waals surface area contributed by atoms with E-state index in [4.69, 9.17) is 0 Å². The van der Waals surface area contributed by atoms with E-state index in [1.807, 2.05) is 0 Å². The predicted molar refractivity (Wildman–Crippen MR) is 47.2 cm³/mol. The quantitative estimate of drug-likeness (QED) is 0.698. The van der Waals surface area contributed by atoms with Gasteiger partial charge in [-0.15, -0.1) is 11.3 Å². The number of hydrogen-bond acceptors (Lipinski definition) is 2. The number of benzene rings is 1. The topological polar surface area (TPSA) is 12.9 Å². The van der Waals surface area contributed by atoms with Gasteiger partial charge in [0.05, 0.1) is 4.70 Å². The van der Waals surface area contributed by atoms with E-state index in [9.17, 15) is 8.78 Å². The first kappa shape index (κ1) is 8.07. The predicted octanol–water partition coefficient (Wildman–Crippen LogP) is 3.34. The summed E-state index contributed by atoms with van der Waals surface area (Å²) in [5, 5.41) is 0. The Balaban J connectivity index is 2.88. The lowest BCUT2D eigenvalue weighted by Crippen LogP contribution is -1.80. The van der Waals surface area contributed by atoms with Crippen LogP contribution in [0.15, 0.2) is 16.0 Å². The number of fused-ring (bicyclic) bond motifs is 1. The largest absolute Gasteiger partial charge is 0.226 e. The lowest BCUT2D eigenvalue weighted by atomic mass is 10.3. The van der Waals surface area contributed by atoms with Crippen LogP contribution in [0.4, 0.5) is 8.78 Å². The second kappa shape index (κ2) is 2.74. The van der Waals surface area contributed by atoms with Crippen LogP contribution in [0.25, 0.3) is 10.2 Å². The second-order valence-corrected chi connectivity index (χ2v) is 4.51. The molecule has 0 N–H and O–H groups in total. The summed E-state index contributed by atoms with van der Waals surface area (Å²) in [5.74, 6) is -1.19. The molecule has 12 heavy (non-hydrogen) atoms. The Hall–Kier alpha value is -0.550. The SMILES string of the molecule is Fc1cc(F)c2nc(Br)sc2c1. The molecular formula is C7H2BrF2NS. The third kappa shape index (κ3) is 1.23. The zero-order valence-electron chi connectivity index (χ0n) is 5.64. The third-order valence-corrected chi connectivity index (χ3v) is 2.84. The molecular weight excluding hydrogens is 248 g/mol. The monoisotopic (exact) mass is 249 g/mol. The van der Waals surface area contributed by atoms with Crippen molar-refractivity contribution in [3.8, 4) is 0 Å². The van der Waals surface area contributed by atoms with Gasteiger partial charge in [-0.25, -0.2) is 13.8 Å². The molecule has 0 fully saturated rings. The molecule has 2 aromatic rings. The Morgan fingerprint density at radius 1 is 1.33 bits per heavy atom. The minimum absolute atomic E-state index is 0.216. The maximum absolute atomic E-state index is 12.9. The lowest BCUT2D eigenvalue weighted by molar-refractivity contribution is 0.591. The van der Waals surface area contributed by atoms with Gasteiger partial charge in [-0.05, 0) is 22.0 Å². The first-order valence-corrected chi connectivity index (χ1v) is 4.69. The normalized spacial score (nSPS) is 10.9. The van der Waals surface area contributed by atoms with E-state index >= 15 is 0 Å². The fourth-order valence-corrected chi connectivity index (χ4v) is 2.36. The van der Waals surface area contributed by atoms with Gasteiger partial charge in [-0.2, -0.15) is 0 Å². The molecule has 0 saturated heterocycles. The standard InChI is InChI=1S/C7H2BrF2NS/c8-7-11-6-4(10)1-3(9)2-5(6)12-7/h1-2H. The van der Waals surface area contributed by atoms with Gasteiger partial charge in [0, 0.05) is 6.07 Å². The zero-order valence-corrected chi connectivity index (χ0v) is 8.05. The van der Waals surface area contributed by atoms with Gasteiger partial charge in [-0.3, -0.25) is 0 Å². The molecule has 1 aromatic carbocycles. The molecule has 5 heteroatoms. The van der Waals surface area contributed by atoms with E-state index in [1.165, 1.54) is 17.4 Å². The smallest absolute Gasteiger partial charge is 0.160 e. The Morgan fingerprint density at radius 2 is 2.08 bits per heavy atom. The van der Waals surface area contributed by atoms with Gasteiger partial charge in [-0.1, -0.05) is 0 Å². The van der Waals surface area contributed by atoms with Crippen LogP contribution in [0.3, 0.4) is 0 Å². The van der Waals surface area contributed by atoms with Crippen LogP contribution in [0.2, 0.25) is 0 Å². The van der Waals surface area contributed by atoms with E-state index in [2.05, 4.69) is 20.9 Å². The number of halogens is 3. The van der Waals surface area contributed by atoms with Crippen molar-refractivity contribution in [1.82, 2.24) is 4.98 Å². The molecule has 1 aromatic heterocycles. The summed E-state index contributed by atoms with van der Waals surface area (Å²) in [6.45, 7) is 0. The van der Waals surface area contributed by atoms with E-state index in [0.29, 0.717) is 8.62 Å². The molecule has 0 radical (unpaired) electrons. The Labute approximate surface area is 79.2 Å². The Kier molecular flexibility index (Phi) is 1.84. The van der Waals surface area contributed by atoms with E-state index in [-0.39, 0.29) is 5.52 Å². The highest BCUT2D eigenvalue weighted by Crippen LogP contribution is 2.28. The Morgan fingerprint density at radius 3 is 2.83 bits per heavy atom. The molecule has 0 unspecified atom stereocenters. The van der Waals surface area contributed by atoms with E-state index < -0.39 is 11.6 Å². The number of aromatic nitrogens is 1. The first-order valence-electron chi connectivity index (χ1n) is 3.08. The van der Waals surface area contributed by atoms with Crippen molar-refractivity contribution in [2.45, 2.75) is 0 Å². The highest BCUT2D eigenvalue weighted by atomic mass is 79.9. The summed E-state index contributed by atoms with van der Waals surface area (Å²) in [4.78, 5) is 3.85. The minimum Gasteiger partial charge on any atom is -0.226 e. The average Bonchev–Trinajstić information content (AvgIpc) is 2.29. The summed E-state index contributed by atoms with van der Waals surface area (Å²) in [7, 11) is 0. The molecule has 0 aliphatic carbocycles. The van der Waals surface area contributed by atoms with Gasteiger partial charge in [0.25, 0.3) is 0 Å². The molecule has 0 atom stereocenters. The van der Waals surface area contributed by atoms with Crippen LogP contribution >= 0.6 is 27.3 Å². The van der Waals surface area contributed by atoms with Crippen LogP contribution in [0.1, 0.15) is 0 Å². The molecule has 0 aliphatic heterocycles. The molecule has 62 valence electrons. The number of rotatable bonds is 0. The van der Waals surface area contributed by atoms with Crippen molar-refractivity contribution < 1.29 is 8.78 Å². The average molecular weight is 250 g/mol. The van der Waals surface area contributed by atoms with Gasteiger partial charge >= 0.3 is 0 Å². The van der Waals surface area contributed by atoms with Crippen LogP contribution in [0, 0.1) is 11.6 Å². The number of thiazole rings is 1. The van der Waals surface area contributed by atoms with Crippen molar-refractivity contribution in [2.24, 2.45) is 0 Å². The molecule has 0 aliphatic rings. The summed E-state index contributed by atoms with van der Waals surface area (Å²) in [5.41, 5.74) is 0.216. The van der Waals surface area contributed by atoms with Gasteiger partial charge in [0.2, 0.25) is 0 Å². The highest BCUT2D eigenvalue weighted by Gasteiger charge is 2.08.